The topological polar surface area (TPSA) is 38.0 Å². The average molecular weight is 319 g/mol. The van der Waals surface area contributed by atoms with Gasteiger partial charge in [-0.1, -0.05) is 37.6 Å². The summed E-state index contributed by atoms with van der Waals surface area (Å²) in [5.41, 5.74) is 1.09. The summed E-state index contributed by atoms with van der Waals surface area (Å²) in [5, 5.41) is 11.6. The van der Waals surface area contributed by atoms with Crippen molar-refractivity contribution < 1.29 is 5.11 Å². The maximum Gasteiger partial charge on any atom is 0.0946 e. The van der Waals surface area contributed by atoms with Gasteiger partial charge in [0.25, 0.3) is 0 Å². The second kappa shape index (κ2) is 5.71. The summed E-state index contributed by atoms with van der Waals surface area (Å²) in [6.07, 6.45) is 8.04. The fourth-order valence-corrected chi connectivity index (χ4v) is 4.00. The number of aliphatic hydroxyl groups is 1. The minimum atomic E-state index is -0.305. The molecule has 0 bridgehead atoms. The third-order valence-corrected chi connectivity index (χ3v) is 5.74. The van der Waals surface area contributed by atoms with Gasteiger partial charge < -0.3 is 9.67 Å². The molecule has 1 aromatic heterocycles. The first-order chi connectivity index (χ1) is 10.4. The fraction of sp³-hybridized carbons (Fsp3) is 0.500. The Balaban J connectivity index is 1.97. The van der Waals surface area contributed by atoms with Crippen molar-refractivity contribution in [1.82, 2.24) is 9.55 Å². The summed E-state index contributed by atoms with van der Waals surface area (Å²) in [6, 6.07) is 7.99. The van der Waals surface area contributed by atoms with Gasteiger partial charge in [-0.05, 0) is 42.4 Å². The Bertz CT molecular complexity index is 621. The van der Waals surface area contributed by atoms with Crippen LogP contribution in [0, 0.1) is 10.8 Å². The predicted molar refractivity (Wildman–Crippen MR) is 88.8 cm³/mol. The highest BCUT2D eigenvalue weighted by Crippen LogP contribution is 2.55. The van der Waals surface area contributed by atoms with E-state index in [1.54, 1.807) is 6.20 Å². The van der Waals surface area contributed by atoms with E-state index in [2.05, 4.69) is 35.5 Å². The van der Waals surface area contributed by atoms with Crippen LogP contribution in [0.25, 0.3) is 0 Å². The molecule has 1 aliphatic rings. The zero-order chi connectivity index (χ0) is 15.8. The van der Waals surface area contributed by atoms with Crippen LogP contribution in [0.3, 0.4) is 0 Å². The Morgan fingerprint density at radius 2 is 2.05 bits per heavy atom. The SMILES string of the molecule is CC1(C)CCC(O)C1(Cc1ccc(Cl)cc1)Cn1ccnc1. The number of hydrogen-bond acceptors (Lipinski definition) is 2. The molecule has 1 saturated carbocycles. The fourth-order valence-electron chi connectivity index (χ4n) is 3.88. The lowest BCUT2D eigenvalue weighted by Gasteiger charge is -2.44. The van der Waals surface area contributed by atoms with E-state index in [-0.39, 0.29) is 16.9 Å². The Hall–Kier alpha value is -1.32. The van der Waals surface area contributed by atoms with Crippen molar-refractivity contribution in [2.24, 2.45) is 10.8 Å². The molecule has 4 heteroatoms. The van der Waals surface area contributed by atoms with Crippen LogP contribution in [0.1, 0.15) is 32.3 Å². The maximum absolute atomic E-state index is 10.8. The minimum absolute atomic E-state index is 0.0658. The molecule has 1 fully saturated rings. The quantitative estimate of drug-likeness (QED) is 0.927. The largest absolute Gasteiger partial charge is 0.392 e. The Morgan fingerprint density at radius 3 is 2.59 bits per heavy atom. The maximum atomic E-state index is 10.8. The van der Waals surface area contributed by atoms with Gasteiger partial charge in [-0.25, -0.2) is 4.98 Å². The predicted octanol–water partition coefficient (Wildman–Crippen LogP) is 3.95. The average Bonchev–Trinajstić information content (AvgIpc) is 3.05. The van der Waals surface area contributed by atoms with Crippen LogP contribution in [0.5, 0.6) is 0 Å². The second-order valence-electron chi connectivity index (χ2n) is 7.13. The zero-order valence-corrected chi connectivity index (χ0v) is 13.9. The molecule has 0 spiro atoms. The molecular formula is C18H23ClN2O. The van der Waals surface area contributed by atoms with Crippen molar-refractivity contribution in [2.75, 3.05) is 0 Å². The molecule has 1 heterocycles. The number of hydrogen-bond donors (Lipinski definition) is 1. The van der Waals surface area contributed by atoms with E-state index in [1.165, 1.54) is 5.56 Å². The first kappa shape index (κ1) is 15.6. The van der Waals surface area contributed by atoms with Crippen molar-refractivity contribution in [3.8, 4) is 0 Å². The van der Waals surface area contributed by atoms with Crippen molar-refractivity contribution in [3.05, 3.63) is 53.6 Å². The van der Waals surface area contributed by atoms with Crippen LogP contribution in [0.2, 0.25) is 5.02 Å². The van der Waals surface area contributed by atoms with Crippen LogP contribution in [0.4, 0.5) is 0 Å². The molecule has 0 radical (unpaired) electrons. The second-order valence-corrected chi connectivity index (χ2v) is 7.57. The molecule has 2 unspecified atom stereocenters. The normalized spacial score (nSPS) is 27.2. The highest BCUT2D eigenvalue weighted by molar-refractivity contribution is 6.30. The molecule has 118 valence electrons. The third kappa shape index (κ3) is 2.68. The van der Waals surface area contributed by atoms with E-state index < -0.39 is 0 Å². The lowest BCUT2D eigenvalue weighted by atomic mass is 9.63. The lowest BCUT2D eigenvalue weighted by Crippen LogP contribution is -2.46. The van der Waals surface area contributed by atoms with Gasteiger partial charge in [-0.15, -0.1) is 0 Å². The first-order valence-corrected chi connectivity index (χ1v) is 8.19. The monoisotopic (exact) mass is 318 g/mol. The van der Waals surface area contributed by atoms with Crippen molar-refractivity contribution in [3.63, 3.8) is 0 Å². The smallest absolute Gasteiger partial charge is 0.0946 e. The molecule has 1 aromatic carbocycles. The number of rotatable bonds is 4. The van der Waals surface area contributed by atoms with Crippen LogP contribution in [-0.4, -0.2) is 20.8 Å². The number of aromatic nitrogens is 2. The molecule has 1 N–H and O–H groups in total. The van der Waals surface area contributed by atoms with Crippen LogP contribution >= 0.6 is 11.6 Å². The standard InChI is InChI=1S/C18H23ClN2O/c1-17(2)8-7-16(22)18(17,12-21-10-9-20-13-21)11-14-3-5-15(19)6-4-14/h3-6,9-10,13,16,22H,7-8,11-12H2,1-2H3. The van der Waals surface area contributed by atoms with E-state index in [0.29, 0.717) is 0 Å². The van der Waals surface area contributed by atoms with Gasteiger partial charge >= 0.3 is 0 Å². The number of imidazole rings is 1. The minimum Gasteiger partial charge on any atom is -0.392 e. The molecule has 22 heavy (non-hydrogen) atoms. The summed E-state index contributed by atoms with van der Waals surface area (Å²) >= 11 is 6.00. The number of halogens is 1. The Labute approximate surface area is 137 Å². The summed E-state index contributed by atoms with van der Waals surface area (Å²) in [5.74, 6) is 0. The van der Waals surface area contributed by atoms with E-state index in [1.807, 2.05) is 24.7 Å². The Kier molecular flexibility index (Phi) is 4.04. The van der Waals surface area contributed by atoms with Crippen molar-refractivity contribution >= 4 is 11.6 Å². The van der Waals surface area contributed by atoms with Gasteiger partial charge in [0.15, 0.2) is 0 Å². The van der Waals surface area contributed by atoms with Gasteiger partial charge in [-0.3, -0.25) is 0 Å². The molecule has 2 aromatic rings. The molecule has 0 saturated heterocycles. The van der Waals surface area contributed by atoms with E-state index >= 15 is 0 Å². The molecule has 1 aliphatic carbocycles. The summed E-state index contributed by atoms with van der Waals surface area (Å²) in [4.78, 5) is 4.15. The summed E-state index contributed by atoms with van der Waals surface area (Å²) in [7, 11) is 0. The molecule has 3 rings (SSSR count). The van der Waals surface area contributed by atoms with Crippen LogP contribution < -0.4 is 0 Å². The van der Waals surface area contributed by atoms with Gasteiger partial charge in [0.1, 0.15) is 0 Å². The number of benzene rings is 1. The number of aliphatic hydroxyl groups excluding tert-OH is 1. The number of nitrogens with zero attached hydrogens (tertiary/aromatic N) is 2. The van der Waals surface area contributed by atoms with Gasteiger partial charge in [0.2, 0.25) is 0 Å². The molecule has 0 amide bonds. The van der Waals surface area contributed by atoms with Gasteiger partial charge in [0.05, 0.1) is 12.4 Å². The van der Waals surface area contributed by atoms with E-state index in [0.717, 1.165) is 30.8 Å². The van der Waals surface area contributed by atoms with Crippen LogP contribution in [-0.2, 0) is 13.0 Å². The Morgan fingerprint density at radius 1 is 1.32 bits per heavy atom. The zero-order valence-electron chi connectivity index (χ0n) is 13.2. The highest BCUT2D eigenvalue weighted by atomic mass is 35.5. The molecule has 2 atom stereocenters. The van der Waals surface area contributed by atoms with E-state index in [4.69, 9.17) is 11.6 Å². The lowest BCUT2D eigenvalue weighted by molar-refractivity contribution is -0.0249. The van der Waals surface area contributed by atoms with E-state index in [9.17, 15) is 5.11 Å². The molecular weight excluding hydrogens is 296 g/mol. The summed E-state index contributed by atoms with van der Waals surface area (Å²) < 4.78 is 2.09. The summed E-state index contributed by atoms with van der Waals surface area (Å²) in [6.45, 7) is 5.33. The van der Waals surface area contributed by atoms with Crippen molar-refractivity contribution in [1.29, 1.82) is 0 Å². The van der Waals surface area contributed by atoms with Gasteiger partial charge in [-0.2, -0.15) is 0 Å². The van der Waals surface area contributed by atoms with Crippen LogP contribution in [0.15, 0.2) is 43.0 Å². The highest BCUT2D eigenvalue weighted by Gasteiger charge is 2.54. The third-order valence-electron chi connectivity index (χ3n) is 5.49. The van der Waals surface area contributed by atoms with Gasteiger partial charge in [0, 0.05) is 29.4 Å². The first-order valence-electron chi connectivity index (χ1n) is 7.81. The molecule has 3 nitrogen and oxygen atoms in total. The van der Waals surface area contributed by atoms with Crippen molar-refractivity contribution in [2.45, 2.75) is 45.8 Å². The molecule has 0 aliphatic heterocycles.